The Morgan fingerprint density at radius 3 is 1.09 bits per heavy atom. The van der Waals surface area contributed by atoms with Gasteiger partial charge in [0.15, 0.2) is 0 Å². The van der Waals surface area contributed by atoms with Crippen LogP contribution in [0.4, 0.5) is 0 Å². The zero-order valence-corrected chi connectivity index (χ0v) is 17.8. The second-order valence-corrected chi connectivity index (χ2v) is 9.25. The van der Waals surface area contributed by atoms with E-state index in [1.165, 1.54) is 103 Å². The summed E-state index contributed by atoms with van der Waals surface area (Å²) in [6.45, 7) is 6.94. The molecule has 2 heteroatoms. The number of halogens is 1. The number of unbranched alkanes of at least 4 members (excludes halogenated alkanes) is 14. The third-order valence-corrected chi connectivity index (χ3v) is 4.71. The maximum Gasteiger partial charge on any atom is -0.0207 e. The molecule has 0 aromatic rings. The molecule has 0 aliphatic rings. The topological polar surface area (TPSA) is 0 Å². The maximum atomic E-state index is 2.96. The van der Waals surface area contributed by atoms with Gasteiger partial charge < -0.3 is 0 Å². The molecule has 0 aromatic carbocycles. The molecule has 0 aromatic heterocycles. The Morgan fingerprint density at radius 2 is 0.818 bits per heavy atom. The third-order valence-electron chi connectivity index (χ3n) is 4.42. The van der Waals surface area contributed by atoms with Gasteiger partial charge in [-0.15, -0.1) is 21.6 Å². The van der Waals surface area contributed by atoms with Gasteiger partial charge in [0, 0.05) is 0 Å². The number of rotatable bonds is 16. The molecule has 0 spiro atoms. The van der Waals surface area contributed by atoms with E-state index in [4.69, 9.17) is 0 Å². The Labute approximate surface area is 150 Å². The smallest absolute Gasteiger partial charge is 0.0207 e. The molecule has 1 unspecified atom stereocenters. The standard InChI is InChI=1S/C20H43P.ClH/c1-4-5-6-7-8-9-10-11-12-13-14-15-16-17-18-19-20(2,3)21;/h4-19,21H2,1-3H3;1H. The van der Waals surface area contributed by atoms with Crippen LogP contribution in [0.25, 0.3) is 0 Å². The van der Waals surface area contributed by atoms with Crippen LogP contribution < -0.4 is 0 Å². The van der Waals surface area contributed by atoms with Crippen molar-refractivity contribution >= 4 is 21.6 Å². The Hall–Kier alpha value is 0.720. The lowest BCUT2D eigenvalue weighted by atomic mass is 10.0. The Bertz CT molecular complexity index is 198. The minimum Gasteiger partial charge on any atom is -0.147 e. The zero-order chi connectivity index (χ0) is 15.8. The molecule has 0 fully saturated rings. The van der Waals surface area contributed by atoms with E-state index in [1.54, 1.807) is 0 Å². The van der Waals surface area contributed by atoms with E-state index in [0.29, 0.717) is 5.16 Å². The van der Waals surface area contributed by atoms with Gasteiger partial charge in [0.25, 0.3) is 0 Å². The average Bonchev–Trinajstić information content (AvgIpc) is 2.42. The van der Waals surface area contributed by atoms with E-state index in [9.17, 15) is 0 Å². The first-order valence-corrected chi connectivity index (χ1v) is 10.4. The molecular weight excluding hydrogens is 307 g/mol. The molecule has 22 heavy (non-hydrogen) atoms. The first-order chi connectivity index (χ1) is 10.1. The molecule has 0 bridgehead atoms. The molecule has 0 heterocycles. The van der Waals surface area contributed by atoms with E-state index in [2.05, 4.69) is 30.0 Å². The second kappa shape index (κ2) is 18.1. The highest BCUT2D eigenvalue weighted by molar-refractivity contribution is 7.18. The lowest BCUT2D eigenvalue weighted by Crippen LogP contribution is -2.07. The van der Waals surface area contributed by atoms with Gasteiger partial charge in [0.1, 0.15) is 0 Å². The van der Waals surface area contributed by atoms with Gasteiger partial charge in [0.2, 0.25) is 0 Å². The van der Waals surface area contributed by atoms with Crippen LogP contribution in [-0.4, -0.2) is 5.16 Å². The third kappa shape index (κ3) is 23.0. The van der Waals surface area contributed by atoms with Gasteiger partial charge >= 0.3 is 0 Å². The van der Waals surface area contributed by atoms with Crippen LogP contribution in [0, 0.1) is 0 Å². The van der Waals surface area contributed by atoms with Crippen molar-refractivity contribution in [1.82, 2.24) is 0 Å². The van der Waals surface area contributed by atoms with Crippen LogP contribution in [0.1, 0.15) is 124 Å². The fourth-order valence-corrected chi connectivity index (χ4v) is 3.16. The van der Waals surface area contributed by atoms with Crippen molar-refractivity contribution in [2.75, 3.05) is 0 Å². The van der Waals surface area contributed by atoms with Crippen molar-refractivity contribution in [3.8, 4) is 0 Å². The average molecular weight is 351 g/mol. The maximum absolute atomic E-state index is 2.96. The van der Waals surface area contributed by atoms with Crippen LogP contribution in [0.2, 0.25) is 0 Å². The van der Waals surface area contributed by atoms with Gasteiger partial charge in [-0.05, 0) is 11.6 Å². The molecule has 0 radical (unpaired) electrons. The summed E-state index contributed by atoms with van der Waals surface area (Å²) in [5, 5.41) is 0.455. The molecular formula is C20H44ClP. The quantitative estimate of drug-likeness (QED) is 0.194. The van der Waals surface area contributed by atoms with E-state index in [1.807, 2.05) is 0 Å². The molecule has 0 N–H and O–H groups in total. The Kier molecular flexibility index (Phi) is 20.5. The van der Waals surface area contributed by atoms with E-state index in [-0.39, 0.29) is 12.4 Å². The molecule has 0 saturated heterocycles. The predicted octanol–water partition coefficient (Wildman–Crippen LogP) is 8.32. The van der Waals surface area contributed by atoms with Crippen LogP contribution in [0.5, 0.6) is 0 Å². The van der Waals surface area contributed by atoms with Crippen molar-refractivity contribution in [3.05, 3.63) is 0 Å². The highest BCUT2D eigenvalue weighted by atomic mass is 35.5. The van der Waals surface area contributed by atoms with Gasteiger partial charge in [-0.1, -0.05) is 117 Å². The highest BCUT2D eigenvalue weighted by Gasteiger charge is 2.08. The molecule has 0 amide bonds. The molecule has 0 nitrogen and oxygen atoms in total. The van der Waals surface area contributed by atoms with Crippen molar-refractivity contribution in [2.45, 2.75) is 129 Å². The second-order valence-electron chi connectivity index (χ2n) is 7.69. The normalized spacial score (nSPS) is 11.5. The summed E-state index contributed by atoms with van der Waals surface area (Å²) < 4.78 is 0. The molecule has 0 aliphatic heterocycles. The molecule has 0 saturated carbocycles. The Balaban J connectivity index is 0. The van der Waals surface area contributed by atoms with Crippen molar-refractivity contribution < 1.29 is 0 Å². The summed E-state index contributed by atoms with van der Waals surface area (Å²) in [6, 6.07) is 0. The van der Waals surface area contributed by atoms with Gasteiger partial charge in [-0.25, -0.2) is 0 Å². The highest BCUT2D eigenvalue weighted by Crippen LogP contribution is 2.24. The summed E-state index contributed by atoms with van der Waals surface area (Å²) in [5.41, 5.74) is 0. The molecule has 0 aliphatic carbocycles. The van der Waals surface area contributed by atoms with Crippen LogP contribution >= 0.6 is 21.6 Å². The molecule has 136 valence electrons. The number of hydrogen-bond donors (Lipinski definition) is 0. The predicted molar refractivity (Wildman–Crippen MR) is 111 cm³/mol. The van der Waals surface area contributed by atoms with Gasteiger partial charge in [-0.3, -0.25) is 0 Å². The van der Waals surface area contributed by atoms with Crippen molar-refractivity contribution in [2.24, 2.45) is 0 Å². The minimum atomic E-state index is 0. The summed E-state index contributed by atoms with van der Waals surface area (Å²) in [7, 11) is 2.96. The SMILES string of the molecule is CCCCCCCCCCCCCCCCCC(C)(C)P.Cl. The van der Waals surface area contributed by atoms with E-state index >= 15 is 0 Å². The van der Waals surface area contributed by atoms with Crippen LogP contribution in [-0.2, 0) is 0 Å². The lowest BCUT2D eigenvalue weighted by Gasteiger charge is -2.17. The first-order valence-electron chi connectivity index (χ1n) is 9.85. The summed E-state index contributed by atoms with van der Waals surface area (Å²) in [4.78, 5) is 0. The molecule has 1 atom stereocenters. The van der Waals surface area contributed by atoms with Crippen molar-refractivity contribution in [3.63, 3.8) is 0 Å². The van der Waals surface area contributed by atoms with E-state index in [0.717, 1.165) is 0 Å². The fourth-order valence-electron chi connectivity index (χ4n) is 2.95. The molecule has 0 rings (SSSR count). The number of hydrogen-bond acceptors (Lipinski definition) is 0. The summed E-state index contributed by atoms with van der Waals surface area (Å²) >= 11 is 0. The van der Waals surface area contributed by atoms with Gasteiger partial charge in [-0.2, -0.15) is 0 Å². The zero-order valence-electron chi connectivity index (χ0n) is 15.8. The van der Waals surface area contributed by atoms with Crippen molar-refractivity contribution in [1.29, 1.82) is 0 Å². The van der Waals surface area contributed by atoms with Gasteiger partial charge in [0.05, 0.1) is 0 Å². The minimum absolute atomic E-state index is 0. The first kappa shape index (κ1) is 25.0. The van der Waals surface area contributed by atoms with Crippen LogP contribution in [0.3, 0.4) is 0 Å². The summed E-state index contributed by atoms with van der Waals surface area (Å²) in [5.74, 6) is 0. The fraction of sp³-hybridized carbons (Fsp3) is 1.00. The monoisotopic (exact) mass is 350 g/mol. The summed E-state index contributed by atoms with van der Waals surface area (Å²) in [6.07, 6.45) is 23.2. The van der Waals surface area contributed by atoms with Crippen LogP contribution in [0.15, 0.2) is 0 Å². The lowest BCUT2D eigenvalue weighted by molar-refractivity contribution is 0.517. The van der Waals surface area contributed by atoms with E-state index < -0.39 is 0 Å². The Morgan fingerprint density at radius 1 is 0.545 bits per heavy atom. The largest absolute Gasteiger partial charge is 0.147 e.